The minimum atomic E-state index is -0.817. The highest BCUT2D eigenvalue weighted by Gasteiger charge is 2.54. The Morgan fingerprint density at radius 2 is 0.711 bits per heavy atom. The van der Waals surface area contributed by atoms with E-state index in [9.17, 15) is 39.0 Å². The first kappa shape index (κ1) is 102. The summed E-state index contributed by atoms with van der Waals surface area (Å²) in [6.45, 7) is 47.6. The maximum absolute atomic E-state index is 12.6. The van der Waals surface area contributed by atoms with E-state index >= 15 is 0 Å². The van der Waals surface area contributed by atoms with Gasteiger partial charge in [0.05, 0.1) is 53.9 Å². The highest BCUT2D eigenvalue weighted by molar-refractivity contribution is 5.97. The molecular formula is C101H146N6O14. The van der Waals surface area contributed by atoms with E-state index in [1.54, 1.807) is 89.4 Å². The largest absolute Gasteiger partial charge is 0.496 e. The predicted octanol–water partition coefficient (Wildman–Crippen LogP) is 20.2. The molecular weight excluding hydrogens is 1520 g/mol. The van der Waals surface area contributed by atoms with Gasteiger partial charge in [-0.05, 0) is 267 Å². The third kappa shape index (κ3) is 30.9. The third-order valence-corrected chi connectivity index (χ3v) is 22.0. The number of carbonyl (C=O) groups is 6. The summed E-state index contributed by atoms with van der Waals surface area (Å²) in [5.74, 6) is 8.62. The molecule has 0 unspecified atom stereocenters. The number of benzene rings is 7. The molecule has 2 saturated carbocycles. The second-order valence-electron chi connectivity index (χ2n) is 35.4. The van der Waals surface area contributed by atoms with Crippen LogP contribution in [0.2, 0.25) is 0 Å². The van der Waals surface area contributed by atoms with Crippen molar-refractivity contribution in [2.45, 2.75) is 249 Å². The Hall–Kier alpha value is -9.92. The van der Waals surface area contributed by atoms with Crippen molar-refractivity contribution in [3.63, 3.8) is 0 Å². The van der Waals surface area contributed by atoms with Crippen LogP contribution in [0.5, 0.6) is 34.5 Å². The number of methoxy groups -OCH3 is 6. The summed E-state index contributed by atoms with van der Waals surface area (Å²) in [4.78, 5) is 75.4. The van der Waals surface area contributed by atoms with Crippen LogP contribution in [0.25, 0.3) is 0 Å². The summed E-state index contributed by atoms with van der Waals surface area (Å²) in [7, 11) is 9.94. The molecule has 7 aromatic rings. The molecule has 2 aliphatic heterocycles. The third-order valence-electron chi connectivity index (χ3n) is 22.0. The van der Waals surface area contributed by atoms with Crippen molar-refractivity contribution in [2.75, 3.05) is 88.5 Å². The van der Waals surface area contributed by atoms with E-state index in [-0.39, 0.29) is 40.9 Å². The normalized spacial score (nSPS) is 13.7. The highest BCUT2D eigenvalue weighted by atomic mass is 16.5. The Balaban J connectivity index is 0.000000253. The number of likely N-dealkylation sites (tertiary alicyclic amines) is 2. The Morgan fingerprint density at radius 1 is 0.388 bits per heavy atom. The van der Waals surface area contributed by atoms with Crippen molar-refractivity contribution in [3.8, 4) is 34.5 Å². The number of nitrogens with one attached hydrogen (secondary N) is 4. The summed E-state index contributed by atoms with van der Waals surface area (Å²) in [6.07, 6.45) is 7.83. The number of aliphatic hydroxyl groups is 2. The first-order valence-electron chi connectivity index (χ1n) is 43.4. The van der Waals surface area contributed by atoms with Gasteiger partial charge in [0.1, 0.15) is 34.5 Å². The molecule has 0 radical (unpaired) electrons. The van der Waals surface area contributed by atoms with Crippen LogP contribution in [0.15, 0.2) is 133 Å². The van der Waals surface area contributed by atoms with Gasteiger partial charge in [0.15, 0.2) is 0 Å². The molecule has 0 bridgehead atoms. The van der Waals surface area contributed by atoms with E-state index in [2.05, 4.69) is 130 Å². The lowest BCUT2D eigenvalue weighted by Crippen LogP contribution is -2.73. The van der Waals surface area contributed by atoms with Gasteiger partial charge in [-0.3, -0.25) is 28.8 Å². The molecule has 6 N–H and O–H groups in total. The number of carbonyl (C=O) groups excluding carboxylic acids is 6. The van der Waals surface area contributed by atoms with Gasteiger partial charge < -0.3 is 69.7 Å². The Kier molecular flexibility index (Phi) is 40.4. The maximum Gasteiger partial charge on any atom is 0.253 e. The molecule has 20 nitrogen and oxygen atoms in total. The molecule has 7 aromatic carbocycles. The summed E-state index contributed by atoms with van der Waals surface area (Å²) in [5.41, 5.74) is 11.8. The molecule has 20 heteroatoms. The Morgan fingerprint density at radius 3 is 1.01 bits per heavy atom. The van der Waals surface area contributed by atoms with Crippen molar-refractivity contribution in [1.29, 1.82) is 0 Å². The number of rotatable bonds is 27. The fourth-order valence-electron chi connectivity index (χ4n) is 13.9. The number of nitrogens with zero attached hydrogens (tertiary/aromatic N) is 2. The van der Waals surface area contributed by atoms with Gasteiger partial charge in [-0.1, -0.05) is 147 Å². The van der Waals surface area contributed by atoms with Crippen LogP contribution in [0.1, 0.15) is 334 Å². The predicted molar refractivity (Wildman–Crippen MR) is 490 cm³/mol. The quantitative estimate of drug-likeness (QED) is 0.0280. The van der Waals surface area contributed by atoms with Crippen LogP contribution in [0, 0.1) is 11.3 Å². The monoisotopic (exact) mass is 1670 g/mol. The summed E-state index contributed by atoms with van der Waals surface area (Å²) >= 11 is 0. The first-order valence-corrected chi connectivity index (χ1v) is 43.4. The van der Waals surface area contributed by atoms with E-state index in [1.807, 2.05) is 133 Å². The van der Waals surface area contributed by atoms with Crippen LogP contribution in [-0.4, -0.2) is 150 Å². The molecule has 6 amide bonds. The van der Waals surface area contributed by atoms with Crippen LogP contribution in [0.4, 0.5) is 0 Å². The van der Waals surface area contributed by atoms with Crippen LogP contribution in [-0.2, 0) is 16.0 Å². The summed E-state index contributed by atoms with van der Waals surface area (Å²) in [5, 5.41) is 31.4. The standard InChI is InChI=1S/C18H24N2O3.2C15H21NO2.2C14H21NO2.C13H20O2.C12H18O/c1-12(2)15-7-14(5-6-16(15)23-4)17(22)20-10-18(11-20)8-19(9-18)13(3)21;1-10(2)13-8-12(6-7-14(13)18-3)15(17)16-9-11-4-5-11;1-10(2)13-9-11(7-8-14(13)18-3)15(17)16-12-5-4-6-12;2*1-5-8-15-14(16)11-6-7-13(17-4)12(9-11)10(2)3;1-9(2)11-7-6-10(13(3,4)14)8-12(11)15-5;1-9(2)10-5-7-11(8-6-10)12(3,4)13/h5-7,12H,8-11H2,1-4H3;6-8,10-11H,4-5,9H2,1-3H3,(H,16,17);7-10,12H,4-6H2,1-3H3,(H,16,17);2*6-7,9-10H,5,8H2,1-4H3,(H,15,16);6-9,14H,1-5H3;5-9,13H,1-4H3. The maximum atomic E-state index is 12.6. The summed E-state index contributed by atoms with van der Waals surface area (Å²) in [6, 6.07) is 42.5. The van der Waals surface area contributed by atoms with Gasteiger partial charge in [0.2, 0.25) is 5.91 Å². The van der Waals surface area contributed by atoms with Gasteiger partial charge in [-0.25, -0.2) is 0 Å². The van der Waals surface area contributed by atoms with Crippen molar-refractivity contribution in [3.05, 3.63) is 211 Å². The number of amides is 6. The molecule has 121 heavy (non-hydrogen) atoms. The van der Waals surface area contributed by atoms with Crippen LogP contribution in [0.3, 0.4) is 0 Å². The van der Waals surface area contributed by atoms with E-state index in [0.29, 0.717) is 83.2 Å². The molecule has 1 spiro atoms. The van der Waals surface area contributed by atoms with Crippen molar-refractivity contribution in [1.82, 2.24) is 31.1 Å². The van der Waals surface area contributed by atoms with E-state index in [1.165, 1.54) is 30.4 Å². The lowest BCUT2D eigenvalue weighted by molar-refractivity contribution is -0.152. The SMILES string of the molecule is CC(C)c1ccc(C(C)(C)O)cc1.CCCNC(=O)c1ccc(OC)c(C(C)C)c1.CCCNC(=O)c1ccc(OC)c(C(C)C)c1.COc1cc(C(C)(C)O)ccc1C(C)C.COc1ccc(C(=O)N2CC3(CN(C(C)=O)C3)C2)cc1C(C)C.COc1ccc(C(=O)NC2CCC2)cc1C(C)C.COc1ccc(C(=O)NCC2CC2)cc1C(C)C. The van der Waals surface area contributed by atoms with Gasteiger partial charge in [0.25, 0.3) is 29.5 Å². The second-order valence-corrected chi connectivity index (χ2v) is 35.4. The lowest BCUT2D eigenvalue weighted by atomic mass is 9.72. The van der Waals surface area contributed by atoms with Crippen LogP contribution < -0.4 is 49.7 Å². The second kappa shape index (κ2) is 48.1. The minimum absolute atomic E-state index is 0.0172. The first-order chi connectivity index (χ1) is 57.0. The van der Waals surface area contributed by atoms with Crippen molar-refractivity contribution in [2.24, 2.45) is 11.3 Å². The molecule has 2 aliphatic carbocycles. The molecule has 4 aliphatic rings. The van der Waals surface area contributed by atoms with Gasteiger partial charge in [-0.2, -0.15) is 0 Å². The topological polar surface area (TPSA) is 253 Å². The molecule has 11 rings (SSSR count). The number of hydrogen-bond donors (Lipinski definition) is 6. The Labute approximate surface area is 724 Å². The Bertz CT molecular complexity index is 4380. The molecule has 2 saturated heterocycles. The van der Waals surface area contributed by atoms with E-state index in [0.717, 1.165) is 143 Å². The highest BCUT2D eigenvalue weighted by Crippen LogP contribution is 2.42. The zero-order chi connectivity index (χ0) is 90.4. The average molecular weight is 1670 g/mol. The van der Waals surface area contributed by atoms with Crippen molar-refractivity contribution < 1.29 is 67.4 Å². The van der Waals surface area contributed by atoms with Gasteiger partial charge in [0, 0.05) is 92.0 Å². The fraction of sp³-hybridized carbons (Fsp3) is 0.525. The fourth-order valence-corrected chi connectivity index (χ4v) is 13.9. The van der Waals surface area contributed by atoms with Crippen molar-refractivity contribution >= 4 is 35.4 Å². The molecule has 0 atom stereocenters. The van der Waals surface area contributed by atoms with Gasteiger partial charge in [-0.15, -0.1) is 0 Å². The van der Waals surface area contributed by atoms with Gasteiger partial charge >= 0.3 is 0 Å². The number of ether oxygens (including phenoxy) is 6. The van der Waals surface area contributed by atoms with E-state index < -0.39 is 11.2 Å². The lowest BCUT2D eigenvalue weighted by Gasteiger charge is -2.60. The number of hydrogen-bond acceptors (Lipinski definition) is 14. The molecule has 4 fully saturated rings. The zero-order valence-corrected chi connectivity index (χ0v) is 78.0. The minimum Gasteiger partial charge on any atom is -0.496 e. The van der Waals surface area contributed by atoms with E-state index in [4.69, 9.17) is 28.4 Å². The molecule has 2 heterocycles. The molecule has 0 aromatic heterocycles. The average Bonchev–Trinajstić information content (AvgIpc) is 1.01. The van der Waals surface area contributed by atoms with Crippen LogP contribution >= 0.6 is 0 Å². The summed E-state index contributed by atoms with van der Waals surface area (Å²) < 4.78 is 31.9. The molecule has 664 valence electrons. The zero-order valence-electron chi connectivity index (χ0n) is 78.0. The smallest absolute Gasteiger partial charge is 0.253 e.